The first-order chi connectivity index (χ1) is 12.2. The molecule has 1 fully saturated rings. The molecule has 1 aliphatic heterocycles. The van der Waals surface area contributed by atoms with Crippen LogP contribution in [0, 0.1) is 0 Å². The van der Waals surface area contributed by atoms with Crippen molar-refractivity contribution < 1.29 is 9.90 Å². The molecule has 0 unspecified atom stereocenters. The van der Waals surface area contributed by atoms with E-state index in [4.69, 9.17) is 5.11 Å². The highest BCUT2D eigenvalue weighted by atomic mass is 16.4. The van der Waals surface area contributed by atoms with Gasteiger partial charge in [0.1, 0.15) is 6.54 Å². The van der Waals surface area contributed by atoms with E-state index in [-0.39, 0.29) is 6.54 Å². The summed E-state index contributed by atoms with van der Waals surface area (Å²) in [6.07, 6.45) is 6.00. The number of rotatable bonds is 5. The first-order valence-electron chi connectivity index (χ1n) is 8.71. The summed E-state index contributed by atoms with van der Waals surface area (Å²) in [5, 5.41) is 14.6. The molecule has 1 aromatic carbocycles. The minimum absolute atomic E-state index is 0.0775. The maximum Gasteiger partial charge on any atom is 0.325 e. The summed E-state index contributed by atoms with van der Waals surface area (Å²) >= 11 is 0. The van der Waals surface area contributed by atoms with E-state index in [2.05, 4.69) is 39.2 Å². The number of fused-ring (bicyclic) bond motifs is 1. The van der Waals surface area contributed by atoms with E-state index in [0.29, 0.717) is 5.92 Å². The van der Waals surface area contributed by atoms with Crippen LogP contribution >= 0.6 is 0 Å². The van der Waals surface area contributed by atoms with Crippen LogP contribution in [-0.2, 0) is 17.9 Å². The Morgan fingerprint density at radius 3 is 3.12 bits per heavy atom. The topological polar surface area (TPSA) is 74.2 Å². The fourth-order valence-corrected chi connectivity index (χ4v) is 3.79. The van der Waals surface area contributed by atoms with Gasteiger partial charge in [-0.2, -0.15) is 5.10 Å². The third-order valence-electron chi connectivity index (χ3n) is 4.96. The zero-order valence-electron chi connectivity index (χ0n) is 14.1. The molecule has 0 spiro atoms. The predicted octanol–water partition coefficient (Wildman–Crippen LogP) is 2.83. The van der Waals surface area contributed by atoms with E-state index >= 15 is 0 Å². The number of carboxylic acid groups (broad SMARTS) is 1. The van der Waals surface area contributed by atoms with Crippen LogP contribution in [0.3, 0.4) is 0 Å². The second-order valence-electron chi connectivity index (χ2n) is 6.76. The minimum Gasteiger partial charge on any atom is -0.480 e. The highest BCUT2D eigenvalue weighted by molar-refractivity contribution is 5.82. The van der Waals surface area contributed by atoms with Crippen LogP contribution in [0.15, 0.2) is 42.7 Å². The van der Waals surface area contributed by atoms with Crippen molar-refractivity contribution in [2.45, 2.75) is 31.8 Å². The molecule has 3 aromatic rings. The SMILES string of the molecule is O=C(O)Cn1ccc([C@@H]2CCCN(Cc3cccc4[nH]ccc34)C2)n1. The molecule has 1 atom stereocenters. The molecule has 0 aliphatic carbocycles. The molecule has 4 rings (SSSR count). The summed E-state index contributed by atoms with van der Waals surface area (Å²) in [5.74, 6) is -0.492. The smallest absolute Gasteiger partial charge is 0.325 e. The van der Waals surface area contributed by atoms with Crippen LogP contribution < -0.4 is 0 Å². The Balaban J connectivity index is 1.46. The van der Waals surface area contributed by atoms with E-state index in [1.54, 1.807) is 6.20 Å². The third-order valence-corrected chi connectivity index (χ3v) is 4.96. The van der Waals surface area contributed by atoms with Gasteiger partial charge in [0, 0.05) is 42.3 Å². The summed E-state index contributed by atoms with van der Waals surface area (Å²) in [7, 11) is 0. The van der Waals surface area contributed by atoms with Gasteiger partial charge in [0.2, 0.25) is 0 Å². The lowest BCUT2D eigenvalue weighted by atomic mass is 9.94. The Bertz CT molecular complexity index is 882. The lowest BCUT2D eigenvalue weighted by Crippen LogP contribution is -2.34. The van der Waals surface area contributed by atoms with Gasteiger partial charge < -0.3 is 10.1 Å². The number of hydrogen-bond donors (Lipinski definition) is 2. The summed E-state index contributed by atoms with van der Waals surface area (Å²) in [5.41, 5.74) is 3.53. The number of H-pyrrole nitrogens is 1. The van der Waals surface area contributed by atoms with Gasteiger partial charge in [0.25, 0.3) is 0 Å². The third kappa shape index (κ3) is 3.44. The molecule has 6 nitrogen and oxygen atoms in total. The summed E-state index contributed by atoms with van der Waals surface area (Å²) in [6, 6.07) is 10.5. The predicted molar refractivity (Wildman–Crippen MR) is 95.4 cm³/mol. The number of hydrogen-bond acceptors (Lipinski definition) is 3. The quantitative estimate of drug-likeness (QED) is 0.750. The van der Waals surface area contributed by atoms with E-state index < -0.39 is 5.97 Å². The van der Waals surface area contributed by atoms with Crippen molar-refractivity contribution in [3.63, 3.8) is 0 Å². The molecule has 25 heavy (non-hydrogen) atoms. The Morgan fingerprint density at radius 2 is 2.24 bits per heavy atom. The molecular formula is C19H22N4O2. The van der Waals surface area contributed by atoms with Crippen LogP contribution in [0.5, 0.6) is 0 Å². The van der Waals surface area contributed by atoms with Crippen molar-refractivity contribution in [2.24, 2.45) is 0 Å². The van der Waals surface area contributed by atoms with Gasteiger partial charge in [-0.15, -0.1) is 0 Å². The number of piperidine rings is 1. The summed E-state index contributed by atoms with van der Waals surface area (Å²) < 4.78 is 1.51. The Morgan fingerprint density at radius 1 is 1.32 bits per heavy atom. The van der Waals surface area contributed by atoms with E-state index in [0.717, 1.165) is 38.2 Å². The lowest BCUT2D eigenvalue weighted by molar-refractivity contribution is -0.137. The molecule has 1 saturated heterocycles. The Labute approximate surface area is 146 Å². The van der Waals surface area contributed by atoms with Crippen molar-refractivity contribution in [3.05, 3.63) is 54.0 Å². The molecular weight excluding hydrogens is 316 g/mol. The molecule has 0 radical (unpaired) electrons. The average molecular weight is 338 g/mol. The fraction of sp³-hybridized carbons (Fsp3) is 0.368. The molecule has 0 bridgehead atoms. The van der Waals surface area contributed by atoms with Crippen LogP contribution in [0.25, 0.3) is 10.9 Å². The minimum atomic E-state index is -0.862. The monoisotopic (exact) mass is 338 g/mol. The van der Waals surface area contributed by atoms with Crippen LogP contribution in [-0.4, -0.2) is 43.8 Å². The molecule has 1 aliphatic rings. The zero-order valence-corrected chi connectivity index (χ0v) is 14.1. The number of likely N-dealkylation sites (tertiary alicyclic amines) is 1. The number of carbonyl (C=O) groups is 1. The molecule has 3 heterocycles. The maximum atomic E-state index is 10.8. The normalized spacial score (nSPS) is 18.6. The van der Waals surface area contributed by atoms with Crippen molar-refractivity contribution in [3.8, 4) is 0 Å². The van der Waals surface area contributed by atoms with Crippen LogP contribution in [0.4, 0.5) is 0 Å². The van der Waals surface area contributed by atoms with E-state index in [9.17, 15) is 4.79 Å². The van der Waals surface area contributed by atoms with Gasteiger partial charge in [-0.05, 0) is 43.1 Å². The number of aromatic amines is 1. The van der Waals surface area contributed by atoms with Gasteiger partial charge in [0.15, 0.2) is 0 Å². The highest BCUT2D eigenvalue weighted by Crippen LogP contribution is 2.28. The number of carboxylic acids is 1. The zero-order chi connectivity index (χ0) is 17.2. The van der Waals surface area contributed by atoms with Gasteiger partial charge in [-0.3, -0.25) is 14.4 Å². The van der Waals surface area contributed by atoms with Gasteiger partial charge in [-0.1, -0.05) is 12.1 Å². The van der Waals surface area contributed by atoms with E-state index in [1.807, 2.05) is 12.3 Å². The molecule has 130 valence electrons. The van der Waals surface area contributed by atoms with Crippen molar-refractivity contribution in [1.29, 1.82) is 0 Å². The first-order valence-corrected chi connectivity index (χ1v) is 8.71. The maximum absolute atomic E-state index is 10.8. The van der Waals surface area contributed by atoms with E-state index in [1.165, 1.54) is 21.1 Å². The largest absolute Gasteiger partial charge is 0.480 e. The average Bonchev–Trinajstić information content (AvgIpc) is 3.24. The molecule has 6 heteroatoms. The molecule has 0 saturated carbocycles. The highest BCUT2D eigenvalue weighted by Gasteiger charge is 2.23. The van der Waals surface area contributed by atoms with Crippen LogP contribution in [0.2, 0.25) is 0 Å². The second-order valence-corrected chi connectivity index (χ2v) is 6.76. The number of aliphatic carboxylic acids is 1. The van der Waals surface area contributed by atoms with Crippen molar-refractivity contribution in [1.82, 2.24) is 19.7 Å². The number of benzene rings is 1. The summed E-state index contributed by atoms with van der Waals surface area (Å²) in [4.78, 5) is 16.6. The number of nitrogens with one attached hydrogen (secondary N) is 1. The summed E-state index contributed by atoms with van der Waals surface area (Å²) in [6.45, 7) is 2.91. The first kappa shape index (κ1) is 15.9. The molecule has 2 aromatic heterocycles. The standard InChI is InChI=1S/C19H22N4O2/c24-19(25)13-23-10-7-17(21-23)15-4-2-9-22(12-15)11-14-3-1-5-18-16(14)6-8-20-18/h1,3,5-8,10,15,20H,2,4,9,11-13H2,(H,24,25)/t15-/m1/s1. The van der Waals surface area contributed by atoms with Crippen molar-refractivity contribution >= 4 is 16.9 Å². The van der Waals surface area contributed by atoms with Crippen molar-refractivity contribution in [2.75, 3.05) is 13.1 Å². The van der Waals surface area contributed by atoms with Gasteiger partial charge in [-0.25, -0.2) is 0 Å². The molecule has 2 N–H and O–H groups in total. The molecule has 0 amide bonds. The Kier molecular flexibility index (Phi) is 4.28. The second kappa shape index (κ2) is 6.72. The number of aromatic nitrogens is 3. The number of nitrogens with zero attached hydrogens (tertiary/aromatic N) is 3. The Hall–Kier alpha value is -2.60. The van der Waals surface area contributed by atoms with Gasteiger partial charge >= 0.3 is 5.97 Å². The van der Waals surface area contributed by atoms with Crippen LogP contribution in [0.1, 0.15) is 30.0 Å². The fourth-order valence-electron chi connectivity index (χ4n) is 3.79. The van der Waals surface area contributed by atoms with Gasteiger partial charge in [0.05, 0.1) is 5.69 Å². The lowest BCUT2D eigenvalue weighted by Gasteiger charge is -2.32.